The Morgan fingerprint density at radius 2 is 1.96 bits per heavy atom. The lowest BCUT2D eigenvalue weighted by atomic mass is 9.94. The quantitative estimate of drug-likeness (QED) is 0.848. The second-order valence-corrected chi connectivity index (χ2v) is 8.28. The Balaban J connectivity index is 1.51. The number of hydrogen-bond acceptors (Lipinski definition) is 5. The fourth-order valence-electron chi connectivity index (χ4n) is 3.42. The summed E-state index contributed by atoms with van der Waals surface area (Å²) in [5, 5.41) is 10.0. The molecule has 4 rings (SSSR count). The third kappa shape index (κ3) is 4.15. The SMILES string of the molecule is CC1(O)CCN(C(=O)c2ccc(N3CC(F)(F)C3)c(OCC3CC3)n2)CC1. The van der Waals surface area contributed by atoms with Crippen LogP contribution in [0.5, 0.6) is 5.88 Å². The van der Waals surface area contributed by atoms with Gasteiger partial charge in [0.05, 0.1) is 25.3 Å². The van der Waals surface area contributed by atoms with Gasteiger partial charge in [-0.15, -0.1) is 0 Å². The highest BCUT2D eigenvalue weighted by Crippen LogP contribution is 2.38. The van der Waals surface area contributed by atoms with Crippen LogP contribution in [0.2, 0.25) is 0 Å². The van der Waals surface area contributed by atoms with Crippen LogP contribution >= 0.6 is 0 Å². The molecule has 2 saturated heterocycles. The molecule has 2 aliphatic heterocycles. The molecule has 6 nitrogen and oxygen atoms in total. The van der Waals surface area contributed by atoms with Crippen LogP contribution in [0.4, 0.5) is 14.5 Å². The number of nitrogens with zero attached hydrogens (tertiary/aromatic N) is 3. The summed E-state index contributed by atoms with van der Waals surface area (Å²) in [6.45, 7) is 2.48. The van der Waals surface area contributed by atoms with Crippen LogP contribution in [-0.2, 0) is 0 Å². The highest BCUT2D eigenvalue weighted by molar-refractivity contribution is 5.93. The highest BCUT2D eigenvalue weighted by atomic mass is 19.3. The maximum absolute atomic E-state index is 13.3. The lowest BCUT2D eigenvalue weighted by molar-refractivity contribution is -0.0266. The number of rotatable bonds is 5. The molecule has 0 spiro atoms. The lowest BCUT2D eigenvalue weighted by Gasteiger charge is -2.40. The van der Waals surface area contributed by atoms with E-state index < -0.39 is 11.5 Å². The standard InChI is InChI=1S/C19H25F2N3O3/c1-18(26)6-8-23(9-7-18)17(25)14-4-5-15(24-11-19(20,21)12-24)16(22-14)27-10-13-2-3-13/h4-5,13,26H,2-3,6-12H2,1H3. The molecule has 1 aromatic rings. The van der Waals surface area contributed by atoms with Crippen molar-refractivity contribution in [3.8, 4) is 5.88 Å². The molecule has 3 aliphatic rings. The molecule has 0 atom stereocenters. The van der Waals surface area contributed by atoms with Crippen molar-refractivity contribution in [1.82, 2.24) is 9.88 Å². The van der Waals surface area contributed by atoms with Gasteiger partial charge in [0, 0.05) is 13.1 Å². The predicted octanol–water partition coefficient (Wildman–Crippen LogP) is 2.31. The van der Waals surface area contributed by atoms with E-state index in [2.05, 4.69) is 4.98 Å². The van der Waals surface area contributed by atoms with E-state index in [1.807, 2.05) is 0 Å². The van der Waals surface area contributed by atoms with Crippen molar-refractivity contribution in [2.45, 2.75) is 44.1 Å². The van der Waals surface area contributed by atoms with Crippen molar-refractivity contribution in [2.75, 3.05) is 37.7 Å². The first kappa shape index (κ1) is 18.4. The van der Waals surface area contributed by atoms with Crippen LogP contribution in [0.1, 0.15) is 43.1 Å². The number of alkyl halides is 2. The van der Waals surface area contributed by atoms with E-state index in [4.69, 9.17) is 4.74 Å². The van der Waals surface area contributed by atoms with E-state index in [0.717, 1.165) is 12.8 Å². The second-order valence-electron chi connectivity index (χ2n) is 8.28. The summed E-state index contributed by atoms with van der Waals surface area (Å²) in [7, 11) is 0. The van der Waals surface area contributed by atoms with Crippen molar-refractivity contribution in [3.05, 3.63) is 17.8 Å². The zero-order valence-electron chi connectivity index (χ0n) is 15.5. The van der Waals surface area contributed by atoms with Crippen LogP contribution in [0, 0.1) is 5.92 Å². The molecule has 3 heterocycles. The molecule has 1 amide bonds. The van der Waals surface area contributed by atoms with Gasteiger partial charge in [-0.25, -0.2) is 13.8 Å². The van der Waals surface area contributed by atoms with E-state index in [1.165, 1.54) is 4.90 Å². The Morgan fingerprint density at radius 1 is 1.30 bits per heavy atom. The van der Waals surface area contributed by atoms with Gasteiger partial charge in [-0.2, -0.15) is 0 Å². The minimum Gasteiger partial charge on any atom is -0.476 e. The van der Waals surface area contributed by atoms with Gasteiger partial charge in [-0.05, 0) is 50.7 Å². The van der Waals surface area contributed by atoms with Gasteiger partial charge in [0.15, 0.2) is 0 Å². The number of hydrogen-bond donors (Lipinski definition) is 1. The fraction of sp³-hybridized carbons (Fsp3) is 0.684. The lowest BCUT2D eigenvalue weighted by Crippen LogP contribution is -2.56. The summed E-state index contributed by atoms with van der Waals surface area (Å²) >= 11 is 0. The summed E-state index contributed by atoms with van der Waals surface area (Å²) in [6.07, 6.45) is 3.24. The first-order chi connectivity index (χ1) is 12.7. The number of carbonyl (C=O) groups excluding carboxylic acids is 1. The number of likely N-dealkylation sites (tertiary alicyclic amines) is 1. The van der Waals surface area contributed by atoms with Crippen LogP contribution in [0.15, 0.2) is 12.1 Å². The summed E-state index contributed by atoms with van der Waals surface area (Å²) < 4.78 is 32.3. The van der Waals surface area contributed by atoms with Crippen LogP contribution in [-0.4, -0.2) is 65.2 Å². The number of aromatic nitrogens is 1. The van der Waals surface area contributed by atoms with Gasteiger partial charge in [-0.3, -0.25) is 4.79 Å². The third-order valence-corrected chi connectivity index (χ3v) is 5.52. The predicted molar refractivity (Wildman–Crippen MR) is 95.4 cm³/mol. The number of piperidine rings is 1. The Labute approximate surface area is 157 Å². The average Bonchev–Trinajstić information content (AvgIpc) is 3.41. The average molecular weight is 381 g/mol. The summed E-state index contributed by atoms with van der Waals surface area (Å²) in [4.78, 5) is 20.3. The minimum absolute atomic E-state index is 0.220. The van der Waals surface area contributed by atoms with Crippen molar-refractivity contribution in [3.63, 3.8) is 0 Å². The van der Waals surface area contributed by atoms with E-state index in [-0.39, 0.29) is 30.6 Å². The maximum Gasteiger partial charge on any atom is 0.282 e. The Kier molecular flexibility index (Phi) is 4.49. The molecular weight excluding hydrogens is 356 g/mol. The monoisotopic (exact) mass is 381 g/mol. The molecule has 0 aromatic carbocycles. The molecule has 148 valence electrons. The van der Waals surface area contributed by atoms with E-state index in [1.54, 1.807) is 24.0 Å². The van der Waals surface area contributed by atoms with Gasteiger partial charge in [0.25, 0.3) is 11.8 Å². The minimum atomic E-state index is -2.69. The van der Waals surface area contributed by atoms with Gasteiger partial charge >= 0.3 is 0 Å². The third-order valence-electron chi connectivity index (χ3n) is 5.52. The van der Waals surface area contributed by atoms with E-state index >= 15 is 0 Å². The highest BCUT2D eigenvalue weighted by Gasteiger charge is 2.45. The van der Waals surface area contributed by atoms with Crippen LogP contribution in [0.25, 0.3) is 0 Å². The smallest absolute Gasteiger partial charge is 0.282 e. The number of amides is 1. The summed E-state index contributed by atoms with van der Waals surface area (Å²) in [6, 6.07) is 3.22. The van der Waals surface area contributed by atoms with Gasteiger partial charge < -0.3 is 19.6 Å². The molecule has 1 saturated carbocycles. The number of carbonyl (C=O) groups is 1. The number of aliphatic hydroxyl groups is 1. The summed E-state index contributed by atoms with van der Waals surface area (Å²) in [5.41, 5.74) is 0.0214. The number of halogens is 2. The molecule has 3 fully saturated rings. The first-order valence-electron chi connectivity index (χ1n) is 9.51. The number of pyridine rings is 1. The molecule has 1 aromatic heterocycles. The fourth-order valence-corrected chi connectivity index (χ4v) is 3.42. The van der Waals surface area contributed by atoms with Crippen molar-refractivity contribution < 1.29 is 23.4 Å². The molecule has 8 heteroatoms. The van der Waals surface area contributed by atoms with E-state index in [0.29, 0.717) is 44.1 Å². The van der Waals surface area contributed by atoms with Crippen molar-refractivity contribution in [2.24, 2.45) is 5.92 Å². The largest absolute Gasteiger partial charge is 0.476 e. The van der Waals surface area contributed by atoms with Crippen molar-refractivity contribution in [1.29, 1.82) is 0 Å². The molecule has 0 radical (unpaired) electrons. The van der Waals surface area contributed by atoms with Crippen LogP contribution in [0.3, 0.4) is 0 Å². The second kappa shape index (κ2) is 6.58. The topological polar surface area (TPSA) is 65.9 Å². The molecule has 1 aliphatic carbocycles. The Bertz CT molecular complexity index is 719. The Hall–Kier alpha value is -1.96. The number of ether oxygens (including phenoxy) is 1. The summed E-state index contributed by atoms with van der Waals surface area (Å²) in [5.74, 6) is -2.16. The van der Waals surface area contributed by atoms with E-state index in [9.17, 15) is 18.7 Å². The molecule has 0 unspecified atom stereocenters. The van der Waals surface area contributed by atoms with Gasteiger partial charge in [0.2, 0.25) is 5.88 Å². The van der Waals surface area contributed by atoms with Crippen LogP contribution < -0.4 is 9.64 Å². The zero-order valence-corrected chi connectivity index (χ0v) is 15.5. The molecule has 27 heavy (non-hydrogen) atoms. The first-order valence-corrected chi connectivity index (χ1v) is 9.51. The molecule has 0 bridgehead atoms. The Morgan fingerprint density at radius 3 is 2.56 bits per heavy atom. The molecular formula is C19H25F2N3O3. The van der Waals surface area contributed by atoms with Crippen molar-refractivity contribution >= 4 is 11.6 Å². The number of anilines is 1. The maximum atomic E-state index is 13.3. The van der Waals surface area contributed by atoms with Gasteiger partial charge in [-0.1, -0.05) is 0 Å². The molecule has 1 N–H and O–H groups in total. The van der Waals surface area contributed by atoms with Gasteiger partial charge in [0.1, 0.15) is 11.4 Å². The normalized spacial score (nSPS) is 23.7. The zero-order chi connectivity index (χ0) is 19.2.